The summed E-state index contributed by atoms with van der Waals surface area (Å²) in [5.41, 5.74) is 6.83. The van der Waals surface area contributed by atoms with Crippen LogP contribution in [0.4, 0.5) is 19.1 Å². The quantitative estimate of drug-likeness (QED) is 0.231. The number of primary amides is 1. The maximum atomic E-state index is 13.5. The maximum Gasteiger partial charge on any atom is 0.422 e. The van der Waals surface area contributed by atoms with E-state index in [1.807, 2.05) is 17.0 Å². The second-order valence-electron chi connectivity index (χ2n) is 13.6. The molecule has 3 N–H and O–H groups in total. The predicted octanol–water partition coefficient (Wildman–Crippen LogP) is 4.24. The number of fused-ring (bicyclic) bond motifs is 1. The minimum atomic E-state index is -4.60. The van der Waals surface area contributed by atoms with Gasteiger partial charge < -0.3 is 15.8 Å². The summed E-state index contributed by atoms with van der Waals surface area (Å²) in [6.07, 6.45) is -0.602. The van der Waals surface area contributed by atoms with Crippen LogP contribution in [0.1, 0.15) is 65.8 Å². The van der Waals surface area contributed by atoms with Gasteiger partial charge in [-0.25, -0.2) is 8.42 Å². The highest BCUT2D eigenvalue weighted by Crippen LogP contribution is 2.53. The van der Waals surface area contributed by atoms with Crippen molar-refractivity contribution in [2.45, 2.75) is 73.5 Å². The summed E-state index contributed by atoms with van der Waals surface area (Å²) >= 11 is 6.03. The number of nitrogens with zero attached hydrogens (tertiary/aromatic N) is 4. The standard InChI is InChI=1S/C33H34ClF3N6O5S/c34-23-7-5-22(6-8-23)32(11-12-32)42-29-39-27(40-30(41-29)48-18-33(35,36)37)13-19-1-3-20(4-2-19)26(44)16-49(46,47)31(9-10-31)17-43-24-14-21(24)15-25(43)28(38)45/h1-8,21,24-25H,9-18H2,(H2,38,45)(H,39,40,41,42)/t21-,24-,25?/m0/s1. The van der Waals surface area contributed by atoms with Crippen molar-refractivity contribution < 1.29 is 35.9 Å². The van der Waals surface area contributed by atoms with Crippen molar-refractivity contribution in [3.8, 4) is 6.01 Å². The Morgan fingerprint density at radius 2 is 1.69 bits per heavy atom. The summed E-state index contributed by atoms with van der Waals surface area (Å²) in [5, 5.41) is 3.80. The minimum absolute atomic E-state index is 0.0499. The van der Waals surface area contributed by atoms with E-state index in [-0.39, 0.29) is 36.3 Å². The van der Waals surface area contributed by atoms with Crippen molar-refractivity contribution in [1.82, 2.24) is 19.9 Å². The van der Waals surface area contributed by atoms with Crippen LogP contribution >= 0.6 is 11.6 Å². The number of carbonyl (C=O) groups is 2. The van der Waals surface area contributed by atoms with Gasteiger partial charge in [-0.05, 0) is 67.7 Å². The number of hydrogen-bond acceptors (Lipinski definition) is 10. The second-order valence-corrected chi connectivity index (χ2v) is 16.4. The molecule has 2 aromatic carbocycles. The molecular weight excluding hydrogens is 685 g/mol. The zero-order valence-electron chi connectivity index (χ0n) is 26.2. The van der Waals surface area contributed by atoms with E-state index in [4.69, 9.17) is 22.1 Å². The van der Waals surface area contributed by atoms with Crippen LogP contribution in [0, 0.1) is 5.92 Å². The van der Waals surface area contributed by atoms with E-state index >= 15 is 0 Å². The summed E-state index contributed by atoms with van der Waals surface area (Å²) in [6.45, 7) is -1.38. The maximum absolute atomic E-state index is 13.5. The first-order valence-electron chi connectivity index (χ1n) is 16.0. The summed E-state index contributed by atoms with van der Waals surface area (Å²) in [6, 6.07) is 12.7. The van der Waals surface area contributed by atoms with Crippen molar-refractivity contribution in [2.24, 2.45) is 11.7 Å². The molecule has 7 rings (SSSR count). The fourth-order valence-electron chi connectivity index (χ4n) is 6.83. The van der Waals surface area contributed by atoms with E-state index < -0.39 is 62.4 Å². The lowest BCUT2D eigenvalue weighted by Gasteiger charge is -2.29. The summed E-state index contributed by atoms with van der Waals surface area (Å²) in [7, 11) is -3.83. The number of alkyl halides is 3. The highest BCUT2D eigenvalue weighted by Gasteiger charge is 2.61. The number of rotatable bonds is 14. The smallest absolute Gasteiger partial charge is 0.422 e. The number of hydrogen-bond donors (Lipinski definition) is 2. The van der Waals surface area contributed by atoms with Crippen LogP contribution in [0.25, 0.3) is 0 Å². The third-order valence-corrected chi connectivity index (χ3v) is 12.7. The van der Waals surface area contributed by atoms with E-state index in [0.29, 0.717) is 35.8 Å². The Balaban J connectivity index is 1.04. The number of ether oxygens (including phenoxy) is 1. The van der Waals surface area contributed by atoms with Crippen LogP contribution in [0.15, 0.2) is 48.5 Å². The van der Waals surface area contributed by atoms with E-state index in [0.717, 1.165) is 24.8 Å². The van der Waals surface area contributed by atoms with Crippen molar-refractivity contribution in [2.75, 3.05) is 24.2 Å². The van der Waals surface area contributed by atoms with Crippen LogP contribution in [0.5, 0.6) is 6.01 Å². The van der Waals surface area contributed by atoms with E-state index in [1.165, 1.54) is 12.1 Å². The Hall–Kier alpha value is -3.82. The number of halogens is 4. The zero-order chi connectivity index (χ0) is 34.8. The molecule has 4 aliphatic rings. The first-order chi connectivity index (χ1) is 23.1. The molecule has 3 aliphatic carbocycles. The normalized spacial score (nSPS) is 23.4. The number of Topliss-reactive ketones (excluding diaryl/α,β-unsaturated/α-hetero) is 1. The average molecular weight is 719 g/mol. The number of nitrogens with one attached hydrogen (secondary N) is 1. The lowest BCUT2D eigenvalue weighted by molar-refractivity contribution is -0.154. The van der Waals surface area contributed by atoms with Crippen molar-refractivity contribution in [3.63, 3.8) is 0 Å². The molecule has 0 spiro atoms. The molecule has 1 saturated heterocycles. The lowest BCUT2D eigenvalue weighted by Crippen LogP contribution is -2.49. The number of amides is 1. The summed E-state index contributed by atoms with van der Waals surface area (Å²) in [5.74, 6) is -1.10. The molecule has 2 heterocycles. The van der Waals surface area contributed by atoms with Crippen molar-refractivity contribution in [1.29, 1.82) is 0 Å². The number of piperidine rings is 1. The number of benzene rings is 2. The van der Waals surface area contributed by atoms with Gasteiger partial charge >= 0.3 is 12.2 Å². The number of ketones is 1. The fourth-order valence-corrected chi connectivity index (χ4v) is 8.84. The molecule has 4 fully saturated rings. The monoisotopic (exact) mass is 718 g/mol. The molecule has 1 unspecified atom stereocenters. The van der Waals surface area contributed by atoms with Crippen LogP contribution in [-0.2, 0) is 26.6 Å². The SMILES string of the molecule is NC(=O)C1C[C@@H]2C[C@@H]2N1CC1(S(=O)(=O)CC(=O)c2ccc(Cc3nc(NC4(c5ccc(Cl)cc5)CC4)nc(OCC(F)(F)F)n3)cc2)CC1. The number of aromatic nitrogens is 3. The lowest BCUT2D eigenvalue weighted by atomic mass is 10.1. The molecule has 0 radical (unpaired) electrons. The molecule has 49 heavy (non-hydrogen) atoms. The van der Waals surface area contributed by atoms with Gasteiger partial charge in [0.15, 0.2) is 22.2 Å². The van der Waals surface area contributed by atoms with Gasteiger partial charge in [0.1, 0.15) is 11.6 Å². The fraction of sp³-hybridized carbons (Fsp3) is 0.485. The molecule has 1 amide bonds. The topological polar surface area (TPSA) is 157 Å². The Bertz CT molecular complexity index is 1890. The minimum Gasteiger partial charge on any atom is -0.454 e. The number of sulfone groups is 1. The number of nitrogens with two attached hydrogens (primary N) is 1. The van der Waals surface area contributed by atoms with Gasteiger partial charge in [-0.1, -0.05) is 48.0 Å². The molecule has 260 valence electrons. The molecule has 1 aliphatic heterocycles. The summed E-state index contributed by atoms with van der Waals surface area (Å²) < 4.78 is 69.6. The van der Waals surface area contributed by atoms with Gasteiger partial charge in [0.2, 0.25) is 11.9 Å². The molecule has 16 heteroatoms. The van der Waals surface area contributed by atoms with Gasteiger partial charge in [0.05, 0.1) is 16.3 Å². The van der Waals surface area contributed by atoms with Gasteiger partial charge in [-0.3, -0.25) is 14.5 Å². The molecule has 3 atom stereocenters. The Morgan fingerprint density at radius 1 is 1.00 bits per heavy atom. The molecule has 3 saturated carbocycles. The first-order valence-corrected chi connectivity index (χ1v) is 18.1. The van der Waals surface area contributed by atoms with Crippen molar-refractivity contribution >= 4 is 39.1 Å². The molecule has 11 nitrogen and oxygen atoms in total. The largest absolute Gasteiger partial charge is 0.454 e. The zero-order valence-corrected chi connectivity index (χ0v) is 27.8. The first kappa shape index (κ1) is 33.7. The van der Waals surface area contributed by atoms with Gasteiger partial charge in [0.25, 0.3) is 0 Å². The third kappa shape index (κ3) is 7.24. The highest BCUT2D eigenvalue weighted by molar-refractivity contribution is 7.93. The number of anilines is 1. The molecular formula is C33H34ClF3N6O5S. The second kappa shape index (κ2) is 12.2. The Labute approximate surface area is 285 Å². The van der Waals surface area contributed by atoms with Crippen LogP contribution in [0.3, 0.4) is 0 Å². The van der Waals surface area contributed by atoms with Crippen LogP contribution in [-0.4, -0.2) is 81.9 Å². The van der Waals surface area contributed by atoms with Crippen LogP contribution in [0.2, 0.25) is 5.02 Å². The average Bonchev–Trinajstić information content (AvgIpc) is 3.95. The molecule has 3 aromatic rings. The predicted molar refractivity (Wildman–Crippen MR) is 173 cm³/mol. The summed E-state index contributed by atoms with van der Waals surface area (Å²) in [4.78, 5) is 39.7. The molecule has 0 bridgehead atoms. The van der Waals surface area contributed by atoms with E-state index in [2.05, 4.69) is 20.3 Å². The van der Waals surface area contributed by atoms with Crippen LogP contribution < -0.4 is 15.8 Å². The number of likely N-dealkylation sites (tertiary alicyclic amines) is 1. The van der Waals surface area contributed by atoms with Gasteiger partial charge in [0, 0.05) is 29.6 Å². The Morgan fingerprint density at radius 3 is 2.31 bits per heavy atom. The van der Waals surface area contributed by atoms with E-state index in [1.54, 1.807) is 24.3 Å². The van der Waals surface area contributed by atoms with Crippen molar-refractivity contribution in [3.05, 3.63) is 76.1 Å². The highest BCUT2D eigenvalue weighted by atomic mass is 35.5. The van der Waals surface area contributed by atoms with Gasteiger partial charge in [-0.2, -0.15) is 28.1 Å². The van der Waals surface area contributed by atoms with Gasteiger partial charge in [-0.15, -0.1) is 0 Å². The van der Waals surface area contributed by atoms with E-state index in [9.17, 15) is 31.2 Å². The third-order valence-electron chi connectivity index (χ3n) is 9.99. The molecule has 1 aromatic heterocycles. The Kier molecular flexibility index (Phi) is 8.38. The number of carbonyl (C=O) groups excluding carboxylic acids is 2.